The van der Waals surface area contributed by atoms with Gasteiger partial charge in [0, 0.05) is 26.4 Å². The molecule has 0 fully saturated rings. The lowest BCUT2D eigenvalue weighted by Gasteiger charge is -2.13. The van der Waals surface area contributed by atoms with E-state index in [-0.39, 0.29) is 16.9 Å². The van der Waals surface area contributed by atoms with Crippen molar-refractivity contribution >= 4 is 27.7 Å². The monoisotopic (exact) mass is 357 g/mol. The molecular weight excluding hydrogens is 342 g/mol. The molecule has 0 spiro atoms. The Balaban J connectivity index is 3.41. The van der Waals surface area contributed by atoms with Crippen LogP contribution in [0.15, 0.2) is 28.4 Å². The van der Waals surface area contributed by atoms with Crippen molar-refractivity contribution in [3.8, 4) is 11.5 Å². The number of ketones is 1. The molecule has 1 aromatic rings. The Kier molecular flexibility index (Phi) is 5.78. The van der Waals surface area contributed by atoms with Gasteiger partial charge in [-0.05, 0) is 22.0 Å². The molecular formula is C14H16BrNO5. The average Bonchev–Trinajstić information content (AvgIpc) is 2.43. The fourth-order valence-electron chi connectivity index (χ4n) is 1.65. The van der Waals surface area contributed by atoms with E-state index in [9.17, 15) is 14.7 Å². The molecule has 21 heavy (non-hydrogen) atoms. The van der Waals surface area contributed by atoms with Gasteiger partial charge in [-0.1, -0.05) is 0 Å². The zero-order valence-corrected chi connectivity index (χ0v) is 13.7. The van der Waals surface area contributed by atoms with E-state index in [1.807, 2.05) is 0 Å². The van der Waals surface area contributed by atoms with E-state index in [0.717, 1.165) is 0 Å². The number of hydrogen-bond donors (Lipinski definition) is 1. The molecule has 0 unspecified atom stereocenters. The van der Waals surface area contributed by atoms with Crippen LogP contribution in [-0.4, -0.2) is 50.1 Å². The van der Waals surface area contributed by atoms with Crippen LogP contribution in [0.1, 0.15) is 10.4 Å². The fraction of sp³-hybridized carbons (Fsp3) is 0.286. The molecule has 0 saturated heterocycles. The highest BCUT2D eigenvalue weighted by Gasteiger charge is 2.24. The van der Waals surface area contributed by atoms with E-state index in [4.69, 9.17) is 9.47 Å². The quantitative estimate of drug-likeness (QED) is 0.364. The summed E-state index contributed by atoms with van der Waals surface area (Å²) < 4.78 is 10.8. The molecule has 0 aliphatic rings. The summed E-state index contributed by atoms with van der Waals surface area (Å²) >= 11 is 3.27. The first-order valence-electron chi connectivity index (χ1n) is 5.89. The minimum absolute atomic E-state index is 0.140. The summed E-state index contributed by atoms with van der Waals surface area (Å²) in [6, 6.07) is 3.00. The lowest BCUT2D eigenvalue weighted by atomic mass is 10.0. The highest BCUT2D eigenvalue weighted by molar-refractivity contribution is 9.10. The summed E-state index contributed by atoms with van der Waals surface area (Å²) in [5.41, 5.74) is -0.212. The molecule has 0 amide bonds. The maximum atomic E-state index is 12.4. The highest BCUT2D eigenvalue weighted by atomic mass is 79.9. The zero-order valence-electron chi connectivity index (χ0n) is 12.1. The Hall–Kier alpha value is -2.02. The second kappa shape index (κ2) is 7.12. The average molecular weight is 358 g/mol. The molecule has 114 valence electrons. The summed E-state index contributed by atoms with van der Waals surface area (Å²) in [4.78, 5) is 25.2. The number of rotatable bonds is 6. The molecule has 0 saturated carbocycles. The van der Waals surface area contributed by atoms with E-state index in [1.165, 1.54) is 37.5 Å². The third-order valence-electron chi connectivity index (χ3n) is 2.58. The molecule has 0 bridgehead atoms. The van der Waals surface area contributed by atoms with Gasteiger partial charge >= 0.3 is 5.97 Å². The molecule has 0 aromatic heterocycles. The number of halogens is 1. The van der Waals surface area contributed by atoms with E-state index in [2.05, 4.69) is 15.9 Å². The maximum Gasteiger partial charge on any atom is 0.341 e. The van der Waals surface area contributed by atoms with Gasteiger partial charge in [-0.3, -0.25) is 4.79 Å². The van der Waals surface area contributed by atoms with Gasteiger partial charge in [-0.15, -0.1) is 0 Å². The van der Waals surface area contributed by atoms with Crippen LogP contribution >= 0.6 is 15.9 Å². The van der Waals surface area contributed by atoms with Gasteiger partial charge in [-0.2, -0.15) is 0 Å². The molecule has 0 heterocycles. The number of carbonyl (C=O) groups is 2. The van der Waals surface area contributed by atoms with Crippen LogP contribution in [0.5, 0.6) is 11.5 Å². The van der Waals surface area contributed by atoms with Crippen LogP contribution in [0.25, 0.3) is 0 Å². The number of carbonyl (C=O) groups excluding carboxylic acids is 1. The third-order valence-corrected chi connectivity index (χ3v) is 3.20. The first-order chi connectivity index (χ1) is 9.81. The van der Waals surface area contributed by atoms with Crippen LogP contribution in [0.2, 0.25) is 0 Å². The van der Waals surface area contributed by atoms with E-state index < -0.39 is 11.8 Å². The Labute approximate surface area is 131 Å². The summed E-state index contributed by atoms with van der Waals surface area (Å²) in [5.74, 6) is -1.22. The van der Waals surface area contributed by atoms with Gasteiger partial charge < -0.3 is 19.5 Å². The number of benzene rings is 1. The Morgan fingerprint density at radius 3 is 2.19 bits per heavy atom. The fourth-order valence-corrected chi connectivity index (χ4v) is 2.16. The van der Waals surface area contributed by atoms with Crippen molar-refractivity contribution in [2.24, 2.45) is 0 Å². The van der Waals surface area contributed by atoms with Gasteiger partial charge in [0.15, 0.2) is 0 Å². The lowest BCUT2D eigenvalue weighted by Crippen LogP contribution is -2.17. The second-order valence-electron chi connectivity index (χ2n) is 4.33. The molecule has 1 rings (SSSR count). The number of carboxylic acids is 1. The predicted molar refractivity (Wildman–Crippen MR) is 81.0 cm³/mol. The van der Waals surface area contributed by atoms with Crippen molar-refractivity contribution in [3.05, 3.63) is 33.9 Å². The SMILES string of the molecule is COc1cc(OC)c(C(=O)C(=CN(C)C)C(=O)O)cc1Br. The Morgan fingerprint density at radius 1 is 1.19 bits per heavy atom. The number of aliphatic carboxylic acids is 1. The molecule has 0 aliphatic carbocycles. The van der Waals surface area contributed by atoms with Crippen LogP contribution < -0.4 is 9.47 Å². The number of nitrogens with zero attached hydrogens (tertiary/aromatic N) is 1. The summed E-state index contributed by atoms with van der Waals surface area (Å²) in [7, 11) is 6.15. The molecule has 6 nitrogen and oxygen atoms in total. The number of ether oxygens (including phenoxy) is 2. The molecule has 0 aliphatic heterocycles. The maximum absolute atomic E-state index is 12.4. The van der Waals surface area contributed by atoms with Crippen molar-refractivity contribution < 1.29 is 24.2 Å². The predicted octanol–water partition coefficient (Wildman–Crippen LogP) is 2.18. The Morgan fingerprint density at radius 2 is 1.76 bits per heavy atom. The van der Waals surface area contributed by atoms with Crippen LogP contribution in [0, 0.1) is 0 Å². The van der Waals surface area contributed by atoms with Crippen LogP contribution in [0.4, 0.5) is 0 Å². The summed E-state index contributed by atoms with van der Waals surface area (Å²) in [6.07, 6.45) is 1.25. The second-order valence-corrected chi connectivity index (χ2v) is 5.18. The largest absolute Gasteiger partial charge is 0.496 e. The summed E-state index contributed by atoms with van der Waals surface area (Å²) in [5, 5.41) is 9.19. The minimum Gasteiger partial charge on any atom is -0.496 e. The van der Waals surface area contributed by atoms with E-state index in [0.29, 0.717) is 10.2 Å². The number of carboxylic acid groups (broad SMARTS) is 1. The highest BCUT2D eigenvalue weighted by Crippen LogP contribution is 2.34. The van der Waals surface area contributed by atoms with Crippen molar-refractivity contribution in [2.75, 3.05) is 28.3 Å². The van der Waals surface area contributed by atoms with Gasteiger partial charge in [0.05, 0.1) is 24.3 Å². The van der Waals surface area contributed by atoms with Crippen molar-refractivity contribution in [2.45, 2.75) is 0 Å². The summed E-state index contributed by atoms with van der Waals surface area (Å²) in [6.45, 7) is 0. The number of Topliss-reactive ketones (excluding diaryl/α,β-unsaturated/α-hetero) is 1. The van der Waals surface area contributed by atoms with Crippen LogP contribution in [0.3, 0.4) is 0 Å². The third kappa shape index (κ3) is 3.98. The molecule has 0 atom stereocenters. The number of hydrogen-bond acceptors (Lipinski definition) is 5. The van der Waals surface area contributed by atoms with Crippen molar-refractivity contribution in [3.63, 3.8) is 0 Å². The Bertz CT molecular complexity index is 595. The van der Waals surface area contributed by atoms with Gasteiger partial charge in [0.2, 0.25) is 5.78 Å². The number of methoxy groups -OCH3 is 2. The van der Waals surface area contributed by atoms with E-state index in [1.54, 1.807) is 14.1 Å². The standard InChI is InChI=1S/C14H16BrNO5/c1-16(2)7-9(14(18)19)13(17)8-5-10(15)12(21-4)6-11(8)20-3/h5-7H,1-4H3,(H,18,19). The van der Waals surface area contributed by atoms with Crippen molar-refractivity contribution in [1.82, 2.24) is 4.90 Å². The molecule has 0 radical (unpaired) electrons. The zero-order chi connectivity index (χ0) is 16.2. The minimum atomic E-state index is -1.30. The lowest BCUT2D eigenvalue weighted by molar-refractivity contribution is -0.132. The molecule has 7 heteroatoms. The normalized spacial score (nSPS) is 11.0. The van der Waals surface area contributed by atoms with E-state index >= 15 is 0 Å². The first kappa shape index (κ1) is 17.0. The van der Waals surface area contributed by atoms with Gasteiger partial charge in [0.25, 0.3) is 0 Å². The molecule has 1 aromatic carbocycles. The smallest absolute Gasteiger partial charge is 0.341 e. The molecule has 1 N–H and O–H groups in total. The topological polar surface area (TPSA) is 76.1 Å². The van der Waals surface area contributed by atoms with Crippen LogP contribution in [-0.2, 0) is 4.79 Å². The van der Waals surface area contributed by atoms with Crippen molar-refractivity contribution in [1.29, 1.82) is 0 Å². The van der Waals surface area contributed by atoms with Gasteiger partial charge in [0.1, 0.15) is 17.1 Å². The first-order valence-corrected chi connectivity index (χ1v) is 6.68. The van der Waals surface area contributed by atoms with Gasteiger partial charge in [-0.25, -0.2) is 4.79 Å².